The van der Waals surface area contributed by atoms with Crippen LogP contribution in [0.3, 0.4) is 0 Å². The molecule has 1 unspecified atom stereocenters. The van der Waals surface area contributed by atoms with Crippen LogP contribution in [-0.2, 0) is 4.79 Å². The van der Waals surface area contributed by atoms with Crippen LogP contribution >= 0.6 is 0 Å². The zero-order chi connectivity index (χ0) is 13.9. The van der Waals surface area contributed by atoms with Crippen LogP contribution in [0, 0.1) is 17.8 Å². The van der Waals surface area contributed by atoms with Gasteiger partial charge >= 0.3 is 0 Å². The molecule has 1 fully saturated rings. The zero-order valence-electron chi connectivity index (χ0n) is 11.8. The third-order valence-electron chi connectivity index (χ3n) is 4.49. The van der Waals surface area contributed by atoms with E-state index in [2.05, 4.69) is 17.5 Å². The van der Waals surface area contributed by atoms with Gasteiger partial charge in [-0.05, 0) is 61.8 Å². The van der Waals surface area contributed by atoms with Gasteiger partial charge in [0.2, 0.25) is 5.91 Å². The third-order valence-corrected chi connectivity index (χ3v) is 4.49. The second kappa shape index (κ2) is 5.70. The van der Waals surface area contributed by atoms with Gasteiger partial charge in [-0.25, -0.2) is 0 Å². The van der Waals surface area contributed by atoms with Gasteiger partial charge < -0.3 is 10.1 Å². The molecular weight excluding hydrogens is 250 g/mol. The van der Waals surface area contributed by atoms with Crippen LogP contribution in [0.15, 0.2) is 36.4 Å². The van der Waals surface area contributed by atoms with Gasteiger partial charge in [0.05, 0.1) is 7.11 Å². The van der Waals surface area contributed by atoms with E-state index in [1.165, 1.54) is 0 Å². The topological polar surface area (TPSA) is 38.3 Å². The smallest absolute Gasteiger partial charge is 0.228 e. The molecule has 0 bridgehead atoms. The average molecular weight is 271 g/mol. The fourth-order valence-corrected chi connectivity index (χ4v) is 3.33. The molecule has 0 aliphatic heterocycles. The molecule has 0 spiro atoms. The van der Waals surface area contributed by atoms with E-state index in [0.717, 1.165) is 37.1 Å². The Morgan fingerprint density at radius 1 is 1.10 bits per heavy atom. The van der Waals surface area contributed by atoms with Gasteiger partial charge in [-0.3, -0.25) is 4.79 Å². The lowest BCUT2D eigenvalue weighted by Gasteiger charge is -2.06. The highest BCUT2D eigenvalue weighted by Crippen LogP contribution is 2.53. The minimum atomic E-state index is 0.187. The molecule has 106 valence electrons. The third kappa shape index (κ3) is 2.72. The van der Waals surface area contributed by atoms with Crippen molar-refractivity contribution in [1.82, 2.24) is 0 Å². The first-order chi connectivity index (χ1) is 9.79. The quantitative estimate of drug-likeness (QED) is 0.853. The molecule has 1 amide bonds. The monoisotopic (exact) mass is 271 g/mol. The molecule has 0 heterocycles. The number of hydrogen-bond acceptors (Lipinski definition) is 2. The van der Waals surface area contributed by atoms with Crippen molar-refractivity contribution in [3.8, 4) is 5.75 Å². The molecule has 3 rings (SSSR count). The summed E-state index contributed by atoms with van der Waals surface area (Å²) in [5.74, 6) is 2.41. The highest BCUT2D eigenvalue weighted by atomic mass is 16.5. The second-order valence-corrected chi connectivity index (χ2v) is 5.70. The molecular formula is C17H21NO2. The Balaban J connectivity index is 1.59. The number of ether oxygens (including phenoxy) is 1. The Labute approximate surface area is 120 Å². The van der Waals surface area contributed by atoms with Crippen LogP contribution in [-0.4, -0.2) is 13.0 Å². The van der Waals surface area contributed by atoms with E-state index in [-0.39, 0.29) is 11.8 Å². The van der Waals surface area contributed by atoms with E-state index in [0.29, 0.717) is 11.8 Å². The van der Waals surface area contributed by atoms with Gasteiger partial charge in [0.1, 0.15) is 5.75 Å². The summed E-state index contributed by atoms with van der Waals surface area (Å²) in [7, 11) is 1.64. The predicted octanol–water partition coefficient (Wildman–Crippen LogP) is 3.63. The number of hydrogen-bond donors (Lipinski definition) is 1. The fourth-order valence-electron chi connectivity index (χ4n) is 3.33. The number of amides is 1. The van der Waals surface area contributed by atoms with Gasteiger partial charge in [0.25, 0.3) is 0 Å². The fraction of sp³-hybridized carbons (Fsp3) is 0.471. The largest absolute Gasteiger partial charge is 0.497 e. The summed E-state index contributed by atoms with van der Waals surface area (Å²) in [6.07, 6.45) is 9.06. The normalized spacial score (nSPS) is 29.6. The molecule has 1 N–H and O–H groups in total. The summed E-state index contributed by atoms with van der Waals surface area (Å²) in [6.45, 7) is 0. The zero-order valence-corrected chi connectivity index (χ0v) is 11.8. The number of benzene rings is 1. The molecule has 0 saturated heterocycles. The van der Waals surface area contributed by atoms with Crippen LogP contribution < -0.4 is 10.1 Å². The molecule has 3 atom stereocenters. The number of nitrogens with one attached hydrogen (secondary N) is 1. The average Bonchev–Trinajstić information content (AvgIpc) is 3.11. The molecule has 1 aromatic rings. The molecule has 3 nitrogen and oxygen atoms in total. The van der Waals surface area contributed by atoms with E-state index in [4.69, 9.17) is 4.74 Å². The standard InChI is InChI=1S/C17H21NO2/c1-20-13-10-8-12(9-11-13)18-17(19)16-14-6-4-2-3-5-7-15(14)16/h2-3,8-11,14-16H,4-7H2,1H3,(H,18,19)/b3-2+/t14-,15+,16?. The van der Waals surface area contributed by atoms with Gasteiger partial charge in [-0.2, -0.15) is 0 Å². The number of methoxy groups -OCH3 is 1. The summed E-state index contributed by atoms with van der Waals surface area (Å²) in [5.41, 5.74) is 0.855. The molecule has 2 aliphatic rings. The molecule has 0 radical (unpaired) electrons. The molecule has 1 aromatic carbocycles. The lowest BCUT2D eigenvalue weighted by molar-refractivity contribution is -0.117. The molecule has 20 heavy (non-hydrogen) atoms. The van der Waals surface area contributed by atoms with Crippen molar-refractivity contribution >= 4 is 11.6 Å². The van der Waals surface area contributed by atoms with Gasteiger partial charge in [0.15, 0.2) is 0 Å². The lowest BCUT2D eigenvalue weighted by atomic mass is 10.1. The SMILES string of the molecule is COc1ccc(NC(=O)C2[C@H]3CC/C=C/CC[C@@H]23)cc1. The van der Waals surface area contributed by atoms with Crippen LogP contribution in [0.5, 0.6) is 5.75 Å². The van der Waals surface area contributed by atoms with Crippen molar-refractivity contribution in [2.75, 3.05) is 12.4 Å². The van der Waals surface area contributed by atoms with Gasteiger partial charge in [0, 0.05) is 11.6 Å². The Hall–Kier alpha value is -1.77. The van der Waals surface area contributed by atoms with Gasteiger partial charge in [-0.1, -0.05) is 12.2 Å². The number of fused-ring (bicyclic) bond motifs is 1. The first kappa shape index (κ1) is 13.2. The molecule has 2 aliphatic carbocycles. The summed E-state index contributed by atoms with van der Waals surface area (Å²) < 4.78 is 5.12. The van der Waals surface area contributed by atoms with Crippen molar-refractivity contribution in [2.45, 2.75) is 25.7 Å². The van der Waals surface area contributed by atoms with Crippen molar-refractivity contribution in [1.29, 1.82) is 0 Å². The summed E-state index contributed by atoms with van der Waals surface area (Å²) >= 11 is 0. The minimum absolute atomic E-state index is 0.187. The highest BCUT2D eigenvalue weighted by Gasteiger charge is 2.53. The number of carbonyl (C=O) groups excluding carboxylic acids is 1. The lowest BCUT2D eigenvalue weighted by Crippen LogP contribution is -2.15. The number of rotatable bonds is 3. The first-order valence-corrected chi connectivity index (χ1v) is 7.39. The Kier molecular flexibility index (Phi) is 3.77. The van der Waals surface area contributed by atoms with E-state index in [1.54, 1.807) is 7.11 Å². The van der Waals surface area contributed by atoms with E-state index in [9.17, 15) is 4.79 Å². The first-order valence-electron chi connectivity index (χ1n) is 7.39. The van der Waals surface area contributed by atoms with Crippen LogP contribution in [0.4, 0.5) is 5.69 Å². The second-order valence-electron chi connectivity index (χ2n) is 5.70. The maximum Gasteiger partial charge on any atom is 0.228 e. The Morgan fingerprint density at radius 2 is 1.70 bits per heavy atom. The maximum absolute atomic E-state index is 12.4. The van der Waals surface area contributed by atoms with E-state index in [1.807, 2.05) is 24.3 Å². The summed E-state index contributed by atoms with van der Waals surface area (Å²) in [5, 5.41) is 3.04. The molecule has 3 heteroatoms. The van der Waals surface area contributed by atoms with Crippen molar-refractivity contribution < 1.29 is 9.53 Å². The maximum atomic E-state index is 12.4. The number of carbonyl (C=O) groups is 1. The number of anilines is 1. The van der Waals surface area contributed by atoms with Crippen LogP contribution in [0.2, 0.25) is 0 Å². The van der Waals surface area contributed by atoms with E-state index >= 15 is 0 Å². The molecule has 0 aromatic heterocycles. The van der Waals surface area contributed by atoms with Crippen LogP contribution in [0.1, 0.15) is 25.7 Å². The van der Waals surface area contributed by atoms with Crippen molar-refractivity contribution in [3.05, 3.63) is 36.4 Å². The number of allylic oxidation sites excluding steroid dienone is 2. The molecule has 1 saturated carbocycles. The van der Waals surface area contributed by atoms with Crippen molar-refractivity contribution in [3.63, 3.8) is 0 Å². The Bertz CT molecular complexity index is 490. The summed E-state index contributed by atoms with van der Waals surface area (Å²) in [6, 6.07) is 7.52. The predicted molar refractivity (Wildman–Crippen MR) is 79.7 cm³/mol. The van der Waals surface area contributed by atoms with Gasteiger partial charge in [-0.15, -0.1) is 0 Å². The van der Waals surface area contributed by atoms with E-state index < -0.39 is 0 Å². The Morgan fingerprint density at radius 3 is 2.25 bits per heavy atom. The van der Waals surface area contributed by atoms with Crippen LogP contribution in [0.25, 0.3) is 0 Å². The summed E-state index contributed by atoms with van der Waals surface area (Å²) in [4.78, 5) is 12.4. The van der Waals surface area contributed by atoms with Crippen molar-refractivity contribution in [2.24, 2.45) is 17.8 Å². The minimum Gasteiger partial charge on any atom is -0.497 e. The highest BCUT2D eigenvalue weighted by molar-refractivity contribution is 5.94.